The van der Waals surface area contributed by atoms with E-state index in [-0.39, 0.29) is 0 Å². The summed E-state index contributed by atoms with van der Waals surface area (Å²) in [5, 5.41) is 3.01. The second-order valence-corrected chi connectivity index (χ2v) is 3.81. The van der Waals surface area contributed by atoms with E-state index in [9.17, 15) is 4.79 Å². The van der Waals surface area contributed by atoms with Gasteiger partial charge >= 0.3 is 5.97 Å². The third-order valence-corrected chi connectivity index (χ3v) is 2.36. The average Bonchev–Trinajstić information content (AvgIpc) is 2.39. The van der Waals surface area contributed by atoms with Crippen molar-refractivity contribution in [2.24, 2.45) is 0 Å². The fourth-order valence-corrected chi connectivity index (χ4v) is 1.55. The summed E-state index contributed by atoms with van der Waals surface area (Å²) < 4.78 is 15.6. The van der Waals surface area contributed by atoms with E-state index in [0.717, 1.165) is 12.1 Å². The maximum Gasteiger partial charge on any atom is 0.308 e. The van der Waals surface area contributed by atoms with Gasteiger partial charge in [-0.05, 0) is 24.7 Å². The van der Waals surface area contributed by atoms with Gasteiger partial charge in [-0.1, -0.05) is 12.2 Å². The summed E-state index contributed by atoms with van der Waals surface area (Å²) >= 11 is 0. The van der Waals surface area contributed by atoms with Gasteiger partial charge in [0.15, 0.2) is 11.5 Å². The van der Waals surface area contributed by atoms with E-state index in [4.69, 9.17) is 14.2 Å². The normalized spacial score (nSPS) is 10.5. The van der Waals surface area contributed by atoms with Crippen molar-refractivity contribution in [1.29, 1.82) is 0 Å². The Morgan fingerprint density at radius 1 is 1.26 bits per heavy atom. The minimum Gasteiger partial charge on any atom is -0.493 e. The molecule has 0 heterocycles. The lowest BCUT2D eigenvalue weighted by Gasteiger charge is -2.13. The van der Waals surface area contributed by atoms with E-state index < -0.39 is 5.97 Å². The third kappa shape index (κ3) is 4.30. The molecule has 0 radical (unpaired) electrons. The number of rotatable bonds is 6. The zero-order valence-electron chi connectivity index (χ0n) is 11.6. The molecule has 0 aliphatic heterocycles. The maximum atomic E-state index is 11.1. The fourth-order valence-electron chi connectivity index (χ4n) is 1.55. The third-order valence-electron chi connectivity index (χ3n) is 2.36. The van der Waals surface area contributed by atoms with Crippen molar-refractivity contribution in [3.8, 4) is 17.2 Å². The first-order valence-corrected chi connectivity index (χ1v) is 5.88. The minimum atomic E-state index is -0.421. The molecule has 0 amide bonds. The molecule has 0 atom stereocenters. The molecule has 1 N–H and O–H groups in total. The molecule has 0 bridgehead atoms. The SMILES string of the molecule is CNCC=Cc1cc(OC)c(OC(C)=O)c(OC)c1. The molecule has 0 aliphatic rings. The molecule has 0 saturated heterocycles. The van der Waals surface area contributed by atoms with Crippen LogP contribution in [-0.2, 0) is 4.79 Å². The highest BCUT2D eigenvalue weighted by Gasteiger charge is 2.15. The van der Waals surface area contributed by atoms with Gasteiger partial charge < -0.3 is 19.5 Å². The van der Waals surface area contributed by atoms with Crippen molar-refractivity contribution in [3.05, 3.63) is 23.8 Å². The number of carbonyl (C=O) groups is 1. The monoisotopic (exact) mass is 265 g/mol. The first kappa shape index (κ1) is 15.0. The van der Waals surface area contributed by atoms with E-state index in [1.807, 2.05) is 19.2 Å². The lowest BCUT2D eigenvalue weighted by molar-refractivity contribution is -0.132. The zero-order valence-corrected chi connectivity index (χ0v) is 11.6. The molecule has 0 saturated carbocycles. The van der Waals surface area contributed by atoms with Crippen LogP contribution in [0.4, 0.5) is 0 Å². The number of benzene rings is 1. The number of hydrogen-bond acceptors (Lipinski definition) is 5. The summed E-state index contributed by atoms with van der Waals surface area (Å²) in [6, 6.07) is 3.57. The summed E-state index contributed by atoms with van der Waals surface area (Å²) in [7, 11) is 4.90. The number of likely N-dealkylation sites (N-methyl/N-ethyl adjacent to an activating group) is 1. The average molecular weight is 265 g/mol. The first-order valence-electron chi connectivity index (χ1n) is 5.88. The largest absolute Gasteiger partial charge is 0.493 e. The molecule has 5 heteroatoms. The number of nitrogens with one attached hydrogen (secondary N) is 1. The van der Waals surface area contributed by atoms with Crippen LogP contribution in [0, 0.1) is 0 Å². The summed E-state index contributed by atoms with van der Waals surface area (Å²) in [4.78, 5) is 11.1. The van der Waals surface area contributed by atoms with Crippen molar-refractivity contribution < 1.29 is 19.0 Å². The van der Waals surface area contributed by atoms with Crippen molar-refractivity contribution in [2.45, 2.75) is 6.92 Å². The molecule has 0 unspecified atom stereocenters. The summed E-state index contributed by atoms with van der Waals surface area (Å²) in [6.45, 7) is 2.09. The van der Waals surface area contributed by atoms with E-state index >= 15 is 0 Å². The molecule has 0 fully saturated rings. The smallest absolute Gasteiger partial charge is 0.308 e. The van der Waals surface area contributed by atoms with Crippen molar-refractivity contribution in [3.63, 3.8) is 0 Å². The van der Waals surface area contributed by atoms with Crippen LogP contribution in [0.2, 0.25) is 0 Å². The Morgan fingerprint density at radius 2 is 1.84 bits per heavy atom. The number of methoxy groups -OCH3 is 2. The van der Waals surface area contributed by atoms with Gasteiger partial charge in [0.2, 0.25) is 5.75 Å². The second kappa shape index (κ2) is 7.43. The van der Waals surface area contributed by atoms with Gasteiger partial charge in [-0.2, -0.15) is 0 Å². The molecule has 104 valence electrons. The number of carbonyl (C=O) groups excluding carboxylic acids is 1. The molecule has 0 spiro atoms. The Bertz CT molecular complexity index is 444. The Morgan fingerprint density at radius 3 is 2.26 bits per heavy atom. The van der Waals surface area contributed by atoms with E-state index in [1.165, 1.54) is 21.1 Å². The predicted molar refractivity (Wildman–Crippen MR) is 73.8 cm³/mol. The number of ether oxygens (including phenoxy) is 3. The molecule has 19 heavy (non-hydrogen) atoms. The van der Waals surface area contributed by atoms with Crippen LogP contribution < -0.4 is 19.5 Å². The lowest BCUT2D eigenvalue weighted by atomic mass is 10.1. The number of hydrogen-bond donors (Lipinski definition) is 1. The zero-order chi connectivity index (χ0) is 14.3. The van der Waals surface area contributed by atoms with Crippen molar-refractivity contribution >= 4 is 12.0 Å². The molecule has 1 rings (SSSR count). The Labute approximate surface area is 113 Å². The van der Waals surface area contributed by atoms with E-state index in [1.54, 1.807) is 12.1 Å². The molecular formula is C14H19NO4. The van der Waals surface area contributed by atoms with Crippen LogP contribution in [0.3, 0.4) is 0 Å². The molecular weight excluding hydrogens is 246 g/mol. The Hall–Kier alpha value is -2.01. The van der Waals surface area contributed by atoms with Gasteiger partial charge in [-0.3, -0.25) is 4.79 Å². The molecule has 0 aromatic heterocycles. The Kier molecular flexibility index (Phi) is 5.89. The topological polar surface area (TPSA) is 56.8 Å². The Balaban J connectivity index is 3.15. The van der Waals surface area contributed by atoms with Gasteiger partial charge in [0, 0.05) is 13.5 Å². The fraction of sp³-hybridized carbons (Fsp3) is 0.357. The summed E-state index contributed by atoms with van der Waals surface area (Å²) in [5.74, 6) is 0.788. The summed E-state index contributed by atoms with van der Waals surface area (Å²) in [6.07, 6.45) is 3.90. The first-order chi connectivity index (χ1) is 9.12. The summed E-state index contributed by atoms with van der Waals surface area (Å²) in [5.41, 5.74) is 0.903. The van der Waals surface area contributed by atoms with Crippen LogP contribution in [0.1, 0.15) is 12.5 Å². The van der Waals surface area contributed by atoms with Crippen LogP contribution in [0.5, 0.6) is 17.2 Å². The van der Waals surface area contributed by atoms with Crippen molar-refractivity contribution in [2.75, 3.05) is 27.8 Å². The second-order valence-electron chi connectivity index (χ2n) is 3.81. The molecule has 1 aromatic carbocycles. The minimum absolute atomic E-state index is 0.295. The van der Waals surface area contributed by atoms with Crippen molar-refractivity contribution in [1.82, 2.24) is 5.32 Å². The highest BCUT2D eigenvalue weighted by atomic mass is 16.6. The van der Waals surface area contributed by atoms with Gasteiger partial charge in [0.05, 0.1) is 14.2 Å². The van der Waals surface area contributed by atoms with E-state index in [0.29, 0.717) is 17.2 Å². The van der Waals surface area contributed by atoms with Crippen LogP contribution in [0.15, 0.2) is 18.2 Å². The lowest BCUT2D eigenvalue weighted by Crippen LogP contribution is -2.05. The van der Waals surface area contributed by atoms with Crippen LogP contribution in [0.25, 0.3) is 6.08 Å². The van der Waals surface area contributed by atoms with Gasteiger partial charge in [-0.15, -0.1) is 0 Å². The van der Waals surface area contributed by atoms with Gasteiger partial charge in [0.25, 0.3) is 0 Å². The quantitative estimate of drug-likeness (QED) is 0.628. The predicted octanol–water partition coefficient (Wildman–Crippen LogP) is 1.86. The van der Waals surface area contributed by atoms with E-state index in [2.05, 4.69) is 5.32 Å². The van der Waals surface area contributed by atoms with Gasteiger partial charge in [0.1, 0.15) is 0 Å². The number of esters is 1. The molecule has 1 aromatic rings. The highest BCUT2D eigenvalue weighted by Crippen LogP contribution is 2.38. The molecule has 5 nitrogen and oxygen atoms in total. The maximum absolute atomic E-state index is 11.1. The van der Waals surface area contributed by atoms with Gasteiger partial charge in [-0.25, -0.2) is 0 Å². The van der Waals surface area contributed by atoms with Crippen LogP contribution >= 0.6 is 0 Å². The standard InChI is InChI=1S/C14H19NO4/c1-10(16)19-14-12(17-3)8-11(6-5-7-15-2)9-13(14)18-4/h5-6,8-9,15H,7H2,1-4H3. The molecule has 0 aliphatic carbocycles. The highest BCUT2D eigenvalue weighted by molar-refractivity contribution is 5.73. The van der Waals surface area contributed by atoms with Crippen LogP contribution in [-0.4, -0.2) is 33.8 Å².